The van der Waals surface area contributed by atoms with Crippen LogP contribution < -0.4 is 20.1 Å². The Morgan fingerprint density at radius 3 is 2.61 bits per heavy atom. The maximum absolute atomic E-state index is 12.7. The molecule has 2 amide bonds. The summed E-state index contributed by atoms with van der Waals surface area (Å²) < 4.78 is 16.8. The first-order valence-corrected chi connectivity index (χ1v) is 10.8. The van der Waals surface area contributed by atoms with E-state index in [1.165, 1.54) is 11.8 Å². The van der Waals surface area contributed by atoms with Gasteiger partial charge in [0.2, 0.25) is 5.91 Å². The van der Waals surface area contributed by atoms with E-state index in [1.807, 2.05) is 36.4 Å². The number of carbonyl (C=O) groups is 2. The molecule has 1 aliphatic rings. The summed E-state index contributed by atoms with van der Waals surface area (Å²) in [6.45, 7) is 1.01. The van der Waals surface area contributed by atoms with Crippen LogP contribution in [0.2, 0.25) is 0 Å². The molecule has 1 aliphatic heterocycles. The second-order valence-electron chi connectivity index (χ2n) is 6.85. The number of furan rings is 1. The molecule has 4 rings (SSSR count). The zero-order chi connectivity index (χ0) is 21.5. The molecule has 0 fully saturated rings. The molecule has 0 spiro atoms. The number of thioether (sulfide) groups is 1. The monoisotopic (exact) mass is 438 g/mol. The molecule has 0 bridgehead atoms. The Labute approximate surface area is 184 Å². The molecule has 1 aromatic heterocycles. The van der Waals surface area contributed by atoms with Gasteiger partial charge in [0.05, 0.1) is 30.7 Å². The van der Waals surface area contributed by atoms with Gasteiger partial charge in [-0.05, 0) is 36.4 Å². The van der Waals surface area contributed by atoms with Crippen LogP contribution in [0.1, 0.15) is 16.1 Å². The lowest BCUT2D eigenvalue weighted by atomic mass is 10.2. The molecule has 3 aromatic rings. The maximum Gasteiger partial charge on any atom is 0.252 e. The number of hydrogen-bond acceptors (Lipinski definition) is 6. The summed E-state index contributed by atoms with van der Waals surface area (Å²) in [4.78, 5) is 25.6. The van der Waals surface area contributed by atoms with Crippen LogP contribution in [0.15, 0.2) is 76.2 Å². The molecular weight excluding hydrogens is 416 g/mol. The number of rotatable bonds is 8. The van der Waals surface area contributed by atoms with E-state index in [9.17, 15) is 9.59 Å². The SMILES string of the molecule is O=C(CSc1ccccc1C(=O)NCC1COc2ccccc2O1)NCc1ccco1. The molecule has 0 saturated heterocycles. The Morgan fingerprint density at radius 1 is 0.968 bits per heavy atom. The summed E-state index contributed by atoms with van der Waals surface area (Å²) in [5.41, 5.74) is 0.517. The van der Waals surface area contributed by atoms with E-state index < -0.39 is 0 Å². The largest absolute Gasteiger partial charge is 0.486 e. The van der Waals surface area contributed by atoms with E-state index in [0.717, 1.165) is 4.90 Å². The Hall–Kier alpha value is -3.39. The lowest BCUT2D eigenvalue weighted by molar-refractivity contribution is -0.118. The van der Waals surface area contributed by atoms with Crippen LogP contribution in [-0.2, 0) is 11.3 Å². The topological polar surface area (TPSA) is 89.8 Å². The third kappa shape index (κ3) is 5.61. The van der Waals surface area contributed by atoms with Gasteiger partial charge >= 0.3 is 0 Å². The third-order valence-corrected chi connectivity index (χ3v) is 5.66. The van der Waals surface area contributed by atoms with Crippen LogP contribution in [0.4, 0.5) is 0 Å². The molecule has 0 saturated carbocycles. The fraction of sp³-hybridized carbons (Fsp3) is 0.217. The van der Waals surface area contributed by atoms with Crippen LogP contribution in [-0.4, -0.2) is 36.8 Å². The molecule has 160 valence electrons. The van der Waals surface area contributed by atoms with Crippen LogP contribution >= 0.6 is 11.8 Å². The van der Waals surface area contributed by atoms with Gasteiger partial charge in [-0.2, -0.15) is 0 Å². The number of hydrogen-bond donors (Lipinski definition) is 2. The standard InChI is InChI=1S/C23H22N2O5S/c26-22(24-12-16-6-5-11-28-16)15-31-21-10-4-1-7-18(21)23(27)25-13-17-14-29-19-8-2-3-9-20(19)30-17/h1-11,17H,12-15H2,(H,24,26)(H,25,27). The van der Waals surface area contributed by atoms with Crippen LogP contribution in [0, 0.1) is 0 Å². The normalized spacial score (nSPS) is 14.6. The van der Waals surface area contributed by atoms with Gasteiger partial charge in [0.1, 0.15) is 18.5 Å². The molecule has 8 heteroatoms. The van der Waals surface area contributed by atoms with E-state index in [-0.39, 0.29) is 23.7 Å². The van der Waals surface area contributed by atoms with E-state index in [4.69, 9.17) is 13.9 Å². The van der Waals surface area contributed by atoms with Crippen molar-refractivity contribution in [3.05, 3.63) is 78.3 Å². The van der Waals surface area contributed by atoms with Gasteiger partial charge in [-0.1, -0.05) is 24.3 Å². The average molecular weight is 439 g/mol. The smallest absolute Gasteiger partial charge is 0.252 e. The number of ether oxygens (including phenoxy) is 2. The first-order valence-electron chi connectivity index (χ1n) is 9.86. The summed E-state index contributed by atoms with van der Waals surface area (Å²) >= 11 is 1.31. The molecule has 2 aromatic carbocycles. The highest BCUT2D eigenvalue weighted by molar-refractivity contribution is 8.00. The van der Waals surface area contributed by atoms with Gasteiger partial charge in [0.25, 0.3) is 5.91 Å². The Balaban J connectivity index is 1.28. The molecule has 0 radical (unpaired) electrons. The molecule has 1 unspecified atom stereocenters. The molecular formula is C23H22N2O5S. The lowest BCUT2D eigenvalue weighted by Gasteiger charge is -2.26. The van der Waals surface area contributed by atoms with E-state index in [2.05, 4.69) is 10.6 Å². The van der Waals surface area contributed by atoms with Gasteiger partial charge in [-0.3, -0.25) is 9.59 Å². The number of fused-ring (bicyclic) bond motifs is 1. The zero-order valence-corrected chi connectivity index (χ0v) is 17.5. The average Bonchev–Trinajstić information content (AvgIpc) is 3.33. The van der Waals surface area contributed by atoms with Crippen molar-refractivity contribution < 1.29 is 23.5 Å². The van der Waals surface area contributed by atoms with Crippen molar-refractivity contribution in [3.8, 4) is 11.5 Å². The fourth-order valence-corrected chi connectivity index (χ4v) is 3.92. The van der Waals surface area contributed by atoms with Crippen molar-refractivity contribution in [2.45, 2.75) is 17.5 Å². The van der Waals surface area contributed by atoms with Gasteiger partial charge < -0.3 is 24.5 Å². The fourth-order valence-electron chi connectivity index (χ4n) is 3.04. The van der Waals surface area contributed by atoms with E-state index in [1.54, 1.807) is 30.5 Å². The van der Waals surface area contributed by atoms with Crippen molar-refractivity contribution >= 4 is 23.6 Å². The van der Waals surface area contributed by atoms with Gasteiger partial charge in [-0.25, -0.2) is 0 Å². The molecule has 2 N–H and O–H groups in total. The first-order chi connectivity index (χ1) is 15.2. The van der Waals surface area contributed by atoms with Crippen molar-refractivity contribution in [2.24, 2.45) is 0 Å². The number of para-hydroxylation sites is 2. The van der Waals surface area contributed by atoms with Crippen molar-refractivity contribution in [3.63, 3.8) is 0 Å². The number of nitrogens with one attached hydrogen (secondary N) is 2. The highest BCUT2D eigenvalue weighted by Crippen LogP contribution is 2.30. The predicted octanol–water partition coefficient (Wildman–Crippen LogP) is 3.26. The minimum atomic E-state index is -0.272. The Morgan fingerprint density at radius 2 is 1.77 bits per heavy atom. The van der Waals surface area contributed by atoms with Gasteiger partial charge in [0, 0.05) is 4.90 Å². The second-order valence-corrected chi connectivity index (χ2v) is 7.87. The van der Waals surface area contributed by atoms with E-state index in [0.29, 0.717) is 42.5 Å². The second kappa shape index (κ2) is 10.1. The summed E-state index contributed by atoms with van der Waals surface area (Å²) in [5.74, 6) is 1.90. The highest BCUT2D eigenvalue weighted by Gasteiger charge is 2.22. The predicted molar refractivity (Wildman–Crippen MR) is 116 cm³/mol. The van der Waals surface area contributed by atoms with Crippen LogP contribution in [0.3, 0.4) is 0 Å². The van der Waals surface area contributed by atoms with Crippen LogP contribution in [0.5, 0.6) is 11.5 Å². The van der Waals surface area contributed by atoms with E-state index >= 15 is 0 Å². The summed E-state index contributed by atoms with van der Waals surface area (Å²) in [7, 11) is 0. The first kappa shape index (κ1) is 20.9. The maximum atomic E-state index is 12.7. The Kier molecular flexibility index (Phi) is 6.78. The Bertz CT molecular complexity index is 1040. The molecule has 31 heavy (non-hydrogen) atoms. The van der Waals surface area contributed by atoms with Crippen molar-refractivity contribution in [2.75, 3.05) is 18.9 Å². The van der Waals surface area contributed by atoms with Gasteiger partial charge in [0.15, 0.2) is 11.5 Å². The molecule has 0 aliphatic carbocycles. The number of amides is 2. The molecule has 7 nitrogen and oxygen atoms in total. The zero-order valence-electron chi connectivity index (χ0n) is 16.7. The molecule has 2 heterocycles. The van der Waals surface area contributed by atoms with Gasteiger partial charge in [-0.15, -0.1) is 11.8 Å². The van der Waals surface area contributed by atoms with Crippen LogP contribution in [0.25, 0.3) is 0 Å². The molecule has 1 atom stereocenters. The van der Waals surface area contributed by atoms with Crippen molar-refractivity contribution in [1.82, 2.24) is 10.6 Å². The quantitative estimate of drug-likeness (QED) is 0.525. The van der Waals surface area contributed by atoms with Crippen molar-refractivity contribution in [1.29, 1.82) is 0 Å². The highest BCUT2D eigenvalue weighted by atomic mass is 32.2. The lowest BCUT2D eigenvalue weighted by Crippen LogP contribution is -2.40. The number of carbonyl (C=O) groups excluding carboxylic acids is 2. The summed E-state index contributed by atoms with van der Waals surface area (Å²) in [5, 5.41) is 5.70. The summed E-state index contributed by atoms with van der Waals surface area (Å²) in [6, 6.07) is 18.2. The third-order valence-electron chi connectivity index (χ3n) is 4.59. The summed E-state index contributed by atoms with van der Waals surface area (Å²) in [6.07, 6.45) is 1.29. The minimum Gasteiger partial charge on any atom is -0.486 e. The minimum absolute atomic E-state index is 0.136. The number of benzene rings is 2.